The van der Waals surface area contributed by atoms with Crippen LogP contribution in [0.1, 0.15) is 26.7 Å². The summed E-state index contributed by atoms with van der Waals surface area (Å²) in [4.78, 5) is 31.5. The number of carbonyl (C=O) groups excluding carboxylic acids is 2. The highest BCUT2D eigenvalue weighted by Crippen LogP contribution is 2.47. The Hall–Kier alpha value is -1.14. The molecule has 3 aliphatic rings. The molecule has 124 valence electrons. The van der Waals surface area contributed by atoms with E-state index in [2.05, 4.69) is 36.0 Å². The number of carbonyl (C=O) groups is 2. The number of piperidine rings is 1. The number of likely N-dealkylation sites (N-methyl/N-ethyl adjacent to an activating group) is 1. The molecule has 3 fully saturated rings. The molecule has 0 aromatic rings. The third-order valence-electron chi connectivity index (χ3n) is 5.91. The van der Waals surface area contributed by atoms with Gasteiger partial charge in [-0.1, -0.05) is 13.8 Å². The molecule has 0 aromatic carbocycles. The summed E-state index contributed by atoms with van der Waals surface area (Å²) in [6, 6.07) is -0.182. The summed E-state index contributed by atoms with van der Waals surface area (Å²) in [5.74, 6) is 0.572. The van der Waals surface area contributed by atoms with E-state index in [1.165, 1.54) is 4.90 Å². The Morgan fingerprint density at radius 2 is 1.77 bits per heavy atom. The molecular formula is C16H28N4O2. The highest BCUT2D eigenvalue weighted by atomic mass is 16.2. The number of hydrogen-bond donors (Lipinski definition) is 1. The molecule has 1 N–H and O–H groups in total. The standard InChI is InChI=1S/C16H28N4O2/c1-4-19(5-2)8-9-20-14(21)16(17-15(20)22)12-6-7-13(16)11-18(3)10-12/h12-13H,4-11H2,1-3H3,(H,17,22). The fraction of sp³-hybridized carbons (Fsp3) is 0.875. The van der Waals surface area contributed by atoms with Gasteiger partial charge < -0.3 is 15.1 Å². The van der Waals surface area contributed by atoms with Gasteiger partial charge in [0.2, 0.25) is 0 Å². The number of rotatable bonds is 5. The van der Waals surface area contributed by atoms with Gasteiger partial charge in [0, 0.05) is 38.0 Å². The summed E-state index contributed by atoms with van der Waals surface area (Å²) < 4.78 is 0. The molecule has 2 saturated heterocycles. The average molecular weight is 308 g/mol. The van der Waals surface area contributed by atoms with Crippen molar-refractivity contribution in [2.45, 2.75) is 32.2 Å². The van der Waals surface area contributed by atoms with Crippen molar-refractivity contribution in [2.24, 2.45) is 11.8 Å². The lowest BCUT2D eigenvalue weighted by Crippen LogP contribution is -2.62. The van der Waals surface area contributed by atoms with Gasteiger partial charge >= 0.3 is 6.03 Å². The van der Waals surface area contributed by atoms with E-state index in [1.54, 1.807) is 0 Å². The summed E-state index contributed by atoms with van der Waals surface area (Å²) in [5, 5.41) is 3.10. The first-order valence-electron chi connectivity index (χ1n) is 8.57. The van der Waals surface area contributed by atoms with Crippen molar-refractivity contribution in [1.29, 1.82) is 0 Å². The van der Waals surface area contributed by atoms with Gasteiger partial charge in [0.15, 0.2) is 0 Å². The lowest BCUT2D eigenvalue weighted by Gasteiger charge is -2.42. The van der Waals surface area contributed by atoms with Crippen LogP contribution in [0.2, 0.25) is 0 Å². The molecule has 3 amide bonds. The van der Waals surface area contributed by atoms with Crippen molar-refractivity contribution >= 4 is 11.9 Å². The van der Waals surface area contributed by atoms with E-state index in [4.69, 9.17) is 0 Å². The largest absolute Gasteiger partial charge is 0.325 e. The number of hydrogen-bond acceptors (Lipinski definition) is 4. The van der Waals surface area contributed by atoms with Crippen LogP contribution in [-0.4, -0.2) is 78.5 Å². The van der Waals surface area contributed by atoms with E-state index in [-0.39, 0.29) is 23.8 Å². The van der Waals surface area contributed by atoms with E-state index in [0.717, 1.165) is 45.6 Å². The normalized spacial score (nSPS) is 35.0. The Morgan fingerprint density at radius 1 is 1.18 bits per heavy atom. The molecular weight excluding hydrogens is 280 g/mol. The van der Waals surface area contributed by atoms with E-state index >= 15 is 0 Å². The minimum atomic E-state index is -0.604. The van der Waals surface area contributed by atoms with E-state index < -0.39 is 5.54 Å². The van der Waals surface area contributed by atoms with Gasteiger partial charge in [0.1, 0.15) is 5.54 Å². The highest BCUT2D eigenvalue weighted by molar-refractivity contribution is 6.07. The molecule has 6 heteroatoms. The molecule has 6 nitrogen and oxygen atoms in total. The zero-order chi connectivity index (χ0) is 15.9. The summed E-state index contributed by atoms with van der Waals surface area (Å²) in [5.41, 5.74) is -0.604. The summed E-state index contributed by atoms with van der Waals surface area (Å²) in [6.45, 7) is 9.18. The van der Waals surface area contributed by atoms with Gasteiger partial charge in [-0.15, -0.1) is 0 Å². The lowest BCUT2D eigenvalue weighted by atomic mass is 9.77. The predicted molar refractivity (Wildman–Crippen MR) is 84.5 cm³/mol. The third-order valence-corrected chi connectivity index (χ3v) is 5.91. The number of nitrogens with zero attached hydrogens (tertiary/aromatic N) is 3. The molecule has 1 saturated carbocycles. The number of nitrogens with one attached hydrogen (secondary N) is 1. The van der Waals surface area contributed by atoms with Gasteiger partial charge in [0.25, 0.3) is 5.91 Å². The average Bonchev–Trinajstić information content (AvgIpc) is 2.84. The first-order valence-corrected chi connectivity index (χ1v) is 8.57. The molecule has 3 rings (SSSR count). The summed E-state index contributed by atoms with van der Waals surface area (Å²) >= 11 is 0. The fourth-order valence-corrected chi connectivity index (χ4v) is 4.64. The Kier molecular flexibility index (Phi) is 4.16. The minimum Gasteiger partial charge on any atom is -0.322 e. The van der Waals surface area contributed by atoms with Crippen LogP contribution in [0.4, 0.5) is 4.79 Å². The highest BCUT2D eigenvalue weighted by Gasteiger charge is 2.64. The van der Waals surface area contributed by atoms with Gasteiger partial charge in [0.05, 0.1) is 0 Å². The zero-order valence-corrected chi connectivity index (χ0v) is 14.0. The molecule has 22 heavy (non-hydrogen) atoms. The zero-order valence-electron chi connectivity index (χ0n) is 14.0. The van der Waals surface area contributed by atoms with Gasteiger partial charge in [-0.05, 0) is 33.0 Å². The predicted octanol–water partition coefficient (Wildman–Crippen LogP) is 0.590. The van der Waals surface area contributed by atoms with Crippen LogP contribution in [-0.2, 0) is 4.79 Å². The molecule has 1 aliphatic carbocycles. The van der Waals surface area contributed by atoms with Crippen molar-refractivity contribution in [2.75, 3.05) is 46.3 Å². The first kappa shape index (κ1) is 15.7. The van der Waals surface area contributed by atoms with Crippen LogP contribution >= 0.6 is 0 Å². The maximum absolute atomic E-state index is 13.1. The van der Waals surface area contributed by atoms with Crippen LogP contribution < -0.4 is 5.32 Å². The monoisotopic (exact) mass is 308 g/mol. The molecule has 1 spiro atoms. The van der Waals surface area contributed by atoms with Crippen molar-refractivity contribution in [1.82, 2.24) is 20.0 Å². The quantitative estimate of drug-likeness (QED) is 0.755. The second-order valence-corrected chi connectivity index (χ2v) is 6.98. The van der Waals surface area contributed by atoms with E-state index in [1.807, 2.05) is 0 Å². The van der Waals surface area contributed by atoms with Crippen LogP contribution in [0.5, 0.6) is 0 Å². The van der Waals surface area contributed by atoms with E-state index in [0.29, 0.717) is 6.54 Å². The molecule has 0 aromatic heterocycles. The first-order chi connectivity index (χ1) is 10.5. The fourth-order valence-electron chi connectivity index (χ4n) is 4.64. The number of amides is 3. The van der Waals surface area contributed by atoms with Gasteiger partial charge in [-0.2, -0.15) is 0 Å². The summed E-state index contributed by atoms with van der Waals surface area (Å²) in [7, 11) is 2.11. The Labute approximate surface area is 132 Å². The van der Waals surface area contributed by atoms with Crippen LogP contribution in [0.3, 0.4) is 0 Å². The molecule has 0 radical (unpaired) electrons. The van der Waals surface area contributed by atoms with Gasteiger partial charge in [-0.25, -0.2) is 4.79 Å². The van der Waals surface area contributed by atoms with Crippen molar-refractivity contribution in [3.05, 3.63) is 0 Å². The Morgan fingerprint density at radius 3 is 2.32 bits per heavy atom. The second kappa shape index (κ2) is 5.81. The van der Waals surface area contributed by atoms with Crippen LogP contribution in [0, 0.1) is 11.8 Å². The lowest BCUT2D eigenvalue weighted by molar-refractivity contribution is -0.136. The number of likely N-dealkylation sites (tertiary alicyclic amines) is 1. The third kappa shape index (κ3) is 2.24. The summed E-state index contributed by atoms with van der Waals surface area (Å²) in [6.07, 6.45) is 2.09. The Balaban J connectivity index is 1.75. The number of imide groups is 1. The second-order valence-electron chi connectivity index (χ2n) is 6.98. The maximum Gasteiger partial charge on any atom is 0.325 e. The molecule has 2 aliphatic heterocycles. The Bertz CT molecular complexity index is 449. The minimum absolute atomic E-state index is 0.0326. The van der Waals surface area contributed by atoms with Crippen LogP contribution in [0.15, 0.2) is 0 Å². The topological polar surface area (TPSA) is 55.9 Å². The van der Waals surface area contributed by atoms with Gasteiger partial charge in [-0.3, -0.25) is 9.69 Å². The molecule has 2 bridgehead atoms. The smallest absolute Gasteiger partial charge is 0.322 e. The number of urea groups is 1. The SMILES string of the molecule is CCN(CC)CCN1C(=O)NC2(C1=O)C1CCC2CN(C)C1. The van der Waals surface area contributed by atoms with Crippen molar-refractivity contribution in [3.63, 3.8) is 0 Å². The maximum atomic E-state index is 13.1. The van der Waals surface area contributed by atoms with Crippen LogP contribution in [0.25, 0.3) is 0 Å². The molecule has 2 unspecified atom stereocenters. The van der Waals surface area contributed by atoms with E-state index in [9.17, 15) is 9.59 Å². The van der Waals surface area contributed by atoms with Crippen molar-refractivity contribution in [3.8, 4) is 0 Å². The molecule has 2 heterocycles. The molecule has 2 atom stereocenters. The van der Waals surface area contributed by atoms with Crippen molar-refractivity contribution < 1.29 is 9.59 Å².